The SMILES string of the molecule is CC/C=C\C/C=C\C/C=C\CCCCCCCC(=O)OC(COCCCCCCCC/C=C\C/C=C\CCCC)COP(=O)(O)OCCN. The summed E-state index contributed by atoms with van der Waals surface area (Å²) in [7, 11) is -4.28. The fourth-order valence-electron chi connectivity index (χ4n) is 4.85. The normalized spacial score (nSPS) is 14.3. The molecule has 0 saturated heterocycles. The number of nitrogens with two attached hydrogens (primary N) is 1. The highest BCUT2D eigenvalue weighted by molar-refractivity contribution is 7.47. The van der Waals surface area contributed by atoms with Crippen molar-refractivity contribution in [2.75, 3.05) is 33.0 Å². The first-order valence-corrected chi connectivity index (χ1v) is 20.8. The molecule has 0 aromatic carbocycles. The number of phosphoric ester groups is 1. The second-order valence-corrected chi connectivity index (χ2v) is 13.9. The minimum Gasteiger partial charge on any atom is -0.457 e. The Kier molecular flexibility index (Phi) is 36.1. The van der Waals surface area contributed by atoms with Crippen LogP contribution < -0.4 is 5.73 Å². The van der Waals surface area contributed by atoms with Crippen LogP contribution >= 0.6 is 7.82 Å². The number of unbranched alkanes of at least 4 members (excludes halogenated alkanes) is 13. The van der Waals surface area contributed by atoms with Crippen molar-refractivity contribution in [1.82, 2.24) is 0 Å². The number of carbonyl (C=O) groups excluding carboxylic acids is 1. The molecule has 0 rings (SSSR count). The van der Waals surface area contributed by atoms with Crippen molar-refractivity contribution in [2.45, 2.75) is 155 Å². The van der Waals surface area contributed by atoms with Crippen LogP contribution in [-0.4, -0.2) is 49.9 Å². The van der Waals surface area contributed by atoms with Gasteiger partial charge in [-0.25, -0.2) is 4.57 Å². The highest BCUT2D eigenvalue weighted by atomic mass is 31.2. The molecule has 0 spiro atoms. The van der Waals surface area contributed by atoms with Gasteiger partial charge in [0.25, 0.3) is 0 Å². The van der Waals surface area contributed by atoms with E-state index >= 15 is 0 Å². The molecule has 9 heteroatoms. The smallest absolute Gasteiger partial charge is 0.457 e. The Morgan fingerprint density at radius 2 is 1.14 bits per heavy atom. The molecule has 0 amide bonds. The van der Waals surface area contributed by atoms with Crippen molar-refractivity contribution in [3.05, 3.63) is 60.8 Å². The van der Waals surface area contributed by atoms with E-state index in [1.807, 2.05) is 0 Å². The average Bonchev–Trinajstić information content (AvgIpc) is 3.09. The fraction of sp³-hybridized carbons (Fsp3) is 0.725. The minimum absolute atomic E-state index is 0.0925. The molecular formula is C40H72NO7P. The van der Waals surface area contributed by atoms with Crippen LogP contribution in [0.2, 0.25) is 0 Å². The highest BCUT2D eigenvalue weighted by Crippen LogP contribution is 2.43. The molecular weight excluding hydrogens is 637 g/mol. The zero-order valence-electron chi connectivity index (χ0n) is 31.2. The molecule has 3 N–H and O–H groups in total. The van der Waals surface area contributed by atoms with E-state index in [-0.39, 0.29) is 32.3 Å². The number of esters is 1. The summed E-state index contributed by atoms with van der Waals surface area (Å²) in [6, 6.07) is 0. The van der Waals surface area contributed by atoms with Crippen molar-refractivity contribution in [3.8, 4) is 0 Å². The lowest BCUT2D eigenvalue weighted by molar-refractivity contribution is -0.154. The average molecular weight is 710 g/mol. The first-order valence-electron chi connectivity index (χ1n) is 19.3. The topological polar surface area (TPSA) is 117 Å². The van der Waals surface area contributed by atoms with Gasteiger partial charge in [0.15, 0.2) is 0 Å². The lowest BCUT2D eigenvalue weighted by Crippen LogP contribution is -2.28. The second-order valence-electron chi connectivity index (χ2n) is 12.4. The molecule has 0 heterocycles. The molecule has 49 heavy (non-hydrogen) atoms. The Morgan fingerprint density at radius 1 is 0.633 bits per heavy atom. The summed E-state index contributed by atoms with van der Waals surface area (Å²) < 4.78 is 33.3. The maximum absolute atomic E-state index is 12.5. The lowest BCUT2D eigenvalue weighted by atomic mass is 10.1. The maximum Gasteiger partial charge on any atom is 0.472 e. The highest BCUT2D eigenvalue weighted by Gasteiger charge is 2.25. The van der Waals surface area contributed by atoms with Gasteiger partial charge in [-0.2, -0.15) is 0 Å². The monoisotopic (exact) mass is 710 g/mol. The van der Waals surface area contributed by atoms with E-state index in [0.717, 1.165) is 89.9 Å². The summed E-state index contributed by atoms with van der Waals surface area (Å²) in [5.41, 5.74) is 5.35. The predicted molar refractivity (Wildman–Crippen MR) is 205 cm³/mol. The van der Waals surface area contributed by atoms with Gasteiger partial charge in [-0.1, -0.05) is 132 Å². The van der Waals surface area contributed by atoms with Gasteiger partial charge in [-0.05, 0) is 70.6 Å². The first kappa shape index (κ1) is 47.2. The maximum atomic E-state index is 12.5. The number of hydrogen-bond donors (Lipinski definition) is 2. The van der Waals surface area contributed by atoms with E-state index < -0.39 is 13.9 Å². The van der Waals surface area contributed by atoms with Crippen LogP contribution in [0.5, 0.6) is 0 Å². The van der Waals surface area contributed by atoms with Crippen LogP contribution in [0.1, 0.15) is 149 Å². The summed E-state index contributed by atoms with van der Waals surface area (Å²) >= 11 is 0. The molecule has 0 bridgehead atoms. The van der Waals surface area contributed by atoms with Gasteiger partial charge in [-0.3, -0.25) is 13.8 Å². The largest absolute Gasteiger partial charge is 0.472 e. The Balaban J connectivity index is 4.15. The Labute approximate surface area is 300 Å². The van der Waals surface area contributed by atoms with Crippen LogP contribution in [-0.2, 0) is 27.9 Å². The molecule has 2 atom stereocenters. The molecule has 0 aromatic rings. The molecule has 0 aliphatic carbocycles. The number of carbonyl (C=O) groups is 1. The second kappa shape index (κ2) is 37.5. The van der Waals surface area contributed by atoms with E-state index in [4.69, 9.17) is 24.3 Å². The quantitative estimate of drug-likeness (QED) is 0.0286. The summed E-state index contributed by atoms with van der Waals surface area (Å²) in [6.45, 7) is 4.70. The van der Waals surface area contributed by atoms with Gasteiger partial charge in [0.1, 0.15) is 6.10 Å². The molecule has 0 radical (unpaired) electrons. The number of rotatable bonds is 36. The van der Waals surface area contributed by atoms with E-state index in [9.17, 15) is 14.3 Å². The first-order chi connectivity index (χ1) is 23.9. The number of allylic oxidation sites excluding steroid dienone is 10. The summed E-state index contributed by atoms with van der Waals surface area (Å²) in [5.74, 6) is -0.354. The van der Waals surface area contributed by atoms with Crippen molar-refractivity contribution < 1.29 is 32.8 Å². The van der Waals surface area contributed by atoms with Crippen LogP contribution in [0, 0.1) is 0 Å². The third-order valence-electron chi connectivity index (χ3n) is 7.67. The molecule has 2 unspecified atom stereocenters. The third kappa shape index (κ3) is 37.3. The van der Waals surface area contributed by atoms with Crippen LogP contribution in [0.15, 0.2) is 60.8 Å². The van der Waals surface area contributed by atoms with E-state index in [1.165, 1.54) is 38.5 Å². The number of hydrogen-bond acceptors (Lipinski definition) is 7. The van der Waals surface area contributed by atoms with Gasteiger partial charge in [0, 0.05) is 19.6 Å². The summed E-state index contributed by atoms with van der Waals surface area (Å²) in [4.78, 5) is 22.4. The zero-order valence-corrected chi connectivity index (χ0v) is 32.1. The minimum atomic E-state index is -4.28. The molecule has 0 aliphatic heterocycles. The van der Waals surface area contributed by atoms with Gasteiger partial charge in [-0.15, -0.1) is 0 Å². The van der Waals surface area contributed by atoms with Crippen molar-refractivity contribution >= 4 is 13.8 Å². The van der Waals surface area contributed by atoms with Gasteiger partial charge in [0.2, 0.25) is 0 Å². The zero-order chi connectivity index (χ0) is 35.9. The standard InChI is InChI=1S/C40H72NO7P/c1-3-5-7-9-11-13-15-17-19-21-23-25-27-29-31-33-40(42)48-39(38-47-49(43,44)46-36-34-41)37-45-35-32-30-28-26-24-22-20-18-16-14-12-10-8-6-4-2/h5,7,10-13,16-19,39H,3-4,6,8-9,14-15,20-38,41H2,1-2H3,(H,43,44)/b7-5-,12-10-,13-11-,18-16-,19-17-. The lowest BCUT2D eigenvalue weighted by Gasteiger charge is -2.20. The molecule has 0 aromatic heterocycles. The van der Waals surface area contributed by atoms with Gasteiger partial charge < -0.3 is 20.1 Å². The third-order valence-corrected chi connectivity index (χ3v) is 8.65. The number of phosphoric acid groups is 1. The Bertz CT molecular complexity index is 932. The molecule has 8 nitrogen and oxygen atoms in total. The summed E-state index contributed by atoms with van der Waals surface area (Å²) in [5, 5.41) is 0. The number of ether oxygens (including phenoxy) is 2. The molecule has 284 valence electrons. The van der Waals surface area contributed by atoms with Crippen LogP contribution in [0.3, 0.4) is 0 Å². The molecule has 0 aliphatic rings. The van der Waals surface area contributed by atoms with Gasteiger partial charge in [0.05, 0.1) is 19.8 Å². The molecule has 0 saturated carbocycles. The Hall–Kier alpha value is -1.80. The van der Waals surface area contributed by atoms with Crippen molar-refractivity contribution in [3.63, 3.8) is 0 Å². The Morgan fingerprint density at radius 3 is 1.71 bits per heavy atom. The molecule has 0 fully saturated rings. The van der Waals surface area contributed by atoms with E-state index in [2.05, 4.69) is 74.6 Å². The van der Waals surface area contributed by atoms with Gasteiger partial charge >= 0.3 is 13.8 Å². The van der Waals surface area contributed by atoms with E-state index in [0.29, 0.717) is 13.0 Å². The van der Waals surface area contributed by atoms with Crippen molar-refractivity contribution in [1.29, 1.82) is 0 Å². The predicted octanol–water partition coefficient (Wildman–Crippen LogP) is 11.0. The van der Waals surface area contributed by atoms with Crippen LogP contribution in [0.25, 0.3) is 0 Å². The fourth-order valence-corrected chi connectivity index (χ4v) is 5.61. The van der Waals surface area contributed by atoms with Crippen molar-refractivity contribution in [2.24, 2.45) is 5.73 Å². The van der Waals surface area contributed by atoms with E-state index in [1.54, 1.807) is 0 Å². The summed E-state index contributed by atoms with van der Waals surface area (Å²) in [6.07, 6.45) is 43.7. The van der Waals surface area contributed by atoms with Crippen LogP contribution in [0.4, 0.5) is 0 Å².